The lowest BCUT2D eigenvalue weighted by molar-refractivity contribution is 0.0992. The van der Waals surface area contributed by atoms with E-state index in [1.807, 2.05) is 38.4 Å². The van der Waals surface area contributed by atoms with Crippen molar-refractivity contribution >= 4 is 28.5 Å². The molecule has 8 heteroatoms. The number of aryl methyl sites for hydroxylation is 1. The lowest BCUT2D eigenvalue weighted by Gasteiger charge is -2.20. The van der Waals surface area contributed by atoms with Crippen LogP contribution in [0.2, 0.25) is 0 Å². The average Bonchev–Trinajstić information content (AvgIpc) is 3.45. The number of nitrogens with two attached hydrogens (primary N) is 1. The first-order valence-electron chi connectivity index (χ1n) is 9.87. The van der Waals surface area contributed by atoms with Crippen molar-refractivity contribution in [3.8, 4) is 0 Å². The summed E-state index contributed by atoms with van der Waals surface area (Å²) in [6.45, 7) is 7.96. The zero-order chi connectivity index (χ0) is 21.8. The number of fused-ring (bicyclic) bond motifs is 1. The van der Waals surface area contributed by atoms with Crippen LogP contribution in [0.1, 0.15) is 71.6 Å². The Hall–Kier alpha value is -3.29. The highest BCUT2D eigenvalue weighted by Crippen LogP contribution is 2.41. The van der Waals surface area contributed by atoms with Gasteiger partial charge in [0.05, 0.1) is 27.7 Å². The van der Waals surface area contributed by atoms with Crippen LogP contribution in [0.5, 0.6) is 0 Å². The molecule has 2 amide bonds. The Kier molecular flexibility index (Phi) is 4.60. The largest absolute Gasteiger partial charge is 0.366 e. The number of primary amides is 1. The second-order valence-corrected chi connectivity index (χ2v) is 8.75. The molecule has 0 saturated heterocycles. The van der Waals surface area contributed by atoms with Gasteiger partial charge in [-0.15, -0.1) is 0 Å². The third-order valence-corrected chi connectivity index (χ3v) is 5.20. The molecule has 3 N–H and O–H groups in total. The molecular weight excluding hydrogens is 385 g/mol. The standard InChI is InChI=1S/C22H24FN5O2/c1-11-18-15(21(30)25-13-7-8-16(23)14(9-13)19(24)29)10-17(12-5-6-12)26-20(18)28(27-11)22(2,3)4/h7-10,12H,5-6H2,1-4H3,(H2,24,29)(H,25,30). The predicted octanol–water partition coefficient (Wildman–Crippen LogP) is 3.86. The van der Waals surface area contributed by atoms with Gasteiger partial charge in [-0.3, -0.25) is 9.59 Å². The number of amides is 2. The molecule has 156 valence electrons. The van der Waals surface area contributed by atoms with Crippen molar-refractivity contribution in [3.05, 3.63) is 52.6 Å². The van der Waals surface area contributed by atoms with Crippen molar-refractivity contribution in [1.29, 1.82) is 0 Å². The number of carbonyl (C=O) groups is 2. The molecule has 3 aromatic rings. The zero-order valence-electron chi connectivity index (χ0n) is 17.4. The highest BCUT2D eigenvalue weighted by atomic mass is 19.1. The summed E-state index contributed by atoms with van der Waals surface area (Å²) in [6, 6.07) is 5.55. The van der Waals surface area contributed by atoms with E-state index in [1.54, 1.807) is 0 Å². The number of carbonyl (C=O) groups excluding carboxylic acids is 2. The highest BCUT2D eigenvalue weighted by Gasteiger charge is 2.30. The fourth-order valence-electron chi connectivity index (χ4n) is 3.53. The molecule has 0 spiro atoms. The summed E-state index contributed by atoms with van der Waals surface area (Å²) in [5, 5.41) is 8.09. The van der Waals surface area contributed by atoms with Crippen molar-refractivity contribution in [2.24, 2.45) is 5.73 Å². The van der Waals surface area contributed by atoms with E-state index >= 15 is 0 Å². The SMILES string of the molecule is Cc1nn(C(C)(C)C)c2nc(C3CC3)cc(C(=O)Nc3ccc(F)c(C(N)=O)c3)c12. The Morgan fingerprint density at radius 3 is 2.50 bits per heavy atom. The topological polar surface area (TPSA) is 103 Å². The smallest absolute Gasteiger partial charge is 0.256 e. The molecule has 0 aliphatic heterocycles. The van der Waals surface area contributed by atoms with Crippen LogP contribution in [-0.2, 0) is 5.54 Å². The van der Waals surface area contributed by atoms with Crippen LogP contribution in [0.3, 0.4) is 0 Å². The molecule has 0 radical (unpaired) electrons. The number of hydrogen-bond acceptors (Lipinski definition) is 4. The van der Waals surface area contributed by atoms with E-state index in [-0.39, 0.29) is 22.7 Å². The van der Waals surface area contributed by atoms with E-state index in [0.29, 0.717) is 28.2 Å². The van der Waals surface area contributed by atoms with Crippen LogP contribution < -0.4 is 11.1 Å². The maximum absolute atomic E-state index is 13.8. The number of aromatic nitrogens is 3. The fraction of sp³-hybridized carbons (Fsp3) is 0.364. The van der Waals surface area contributed by atoms with Crippen molar-refractivity contribution in [2.45, 2.75) is 52.0 Å². The normalized spacial score (nSPS) is 14.2. The Bertz CT molecular complexity index is 1190. The summed E-state index contributed by atoms with van der Waals surface area (Å²) in [6.07, 6.45) is 2.09. The van der Waals surface area contributed by atoms with Crippen molar-refractivity contribution < 1.29 is 14.0 Å². The summed E-state index contributed by atoms with van der Waals surface area (Å²) >= 11 is 0. The number of halogens is 1. The van der Waals surface area contributed by atoms with Crippen molar-refractivity contribution in [1.82, 2.24) is 14.8 Å². The van der Waals surface area contributed by atoms with Gasteiger partial charge in [0.15, 0.2) is 5.65 Å². The summed E-state index contributed by atoms with van der Waals surface area (Å²) < 4.78 is 15.6. The van der Waals surface area contributed by atoms with Gasteiger partial charge in [-0.2, -0.15) is 5.10 Å². The summed E-state index contributed by atoms with van der Waals surface area (Å²) in [5.41, 5.74) is 7.63. The molecule has 1 fully saturated rings. The van der Waals surface area contributed by atoms with Crippen LogP contribution in [0.15, 0.2) is 24.3 Å². The lowest BCUT2D eigenvalue weighted by atomic mass is 10.1. The van der Waals surface area contributed by atoms with Gasteiger partial charge in [-0.1, -0.05) is 0 Å². The number of nitrogens with one attached hydrogen (secondary N) is 1. The third-order valence-electron chi connectivity index (χ3n) is 5.20. The minimum Gasteiger partial charge on any atom is -0.366 e. The molecule has 1 aliphatic carbocycles. The van der Waals surface area contributed by atoms with Crippen LogP contribution in [0.25, 0.3) is 11.0 Å². The van der Waals surface area contributed by atoms with Crippen LogP contribution in [0.4, 0.5) is 10.1 Å². The van der Waals surface area contributed by atoms with Crippen LogP contribution in [0, 0.1) is 12.7 Å². The molecule has 7 nitrogen and oxygen atoms in total. The zero-order valence-corrected chi connectivity index (χ0v) is 17.4. The first-order chi connectivity index (χ1) is 14.1. The maximum atomic E-state index is 13.8. The van der Waals surface area contributed by atoms with Crippen LogP contribution >= 0.6 is 0 Å². The van der Waals surface area contributed by atoms with Gasteiger partial charge in [0.2, 0.25) is 0 Å². The first kappa shape index (κ1) is 20.0. The van der Waals surface area contributed by atoms with E-state index in [1.165, 1.54) is 12.1 Å². The van der Waals surface area contributed by atoms with E-state index < -0.39 is 11.7 Å². The lowest BCUT2D eigenvalue weighted by Crippen LogP contribution is -2.24. The molecule has 2 heterocycles. The molecule has 0 atom stereocenters. The number of hydrogen-bond donors (Lipinski definition) is 2. The number of anilines is 1. The second kappa shape index (κ2) is 6.90. The molecule has 0 unspecified atom stereocenters. The van der Waals surface area contributed by atoms with E-state index in [4.69, 9.17) is 10.7 Å². The van der Waals surface area contributed by atoms with E-state index in [0.717, 1.165) is 24.6 Å². The molecular formula is C22H24FN5O2. The molecule has 1 aliphatic rings. The van der Waals surface area contributed by atoms with E-state index in [9.17, 15) is 14.0 Å². The number of rotatable bonds is 4. The Labute approximate surface area is 173 Å². The van der Waals surface area contributed by atoms with E-state index in [2.05, 4.69) is 10.4 Å². The molecule has 1 aromatic carbocycles. The Morgan fingerprint density at radius 2 is 1.90 bits per heavy atom. The fourth-order valence-corrected chi connectivity index (χ4v) is 3.53. The van der Waals surface area contributed by atoms with Crippen molar-refractivity contribution in [3.63, 3.8) is 0 Å². The monoisotopic (exact) mass is 409 g/mol. The Morgan fingerprint density at radius 1 is 1.20 bits per heavy atom. The van der Waals surface area contributed by atoms with Gasteiger partial charge in [0, 0.05) is 17.3 Å². The van der Waals surface area contributed by atoms with Crippen molar-refractivity contribution in [2.75, 3.05) is 5.32 Å². The summed E-state index contributed by atoms with van der Waals surface area (Å²) in [4.78, 5) is 29.5. The van der Waals surface area contributed by atoms with Gasteiger partial charge in [0.1, 0.15) is 5.82 Å². The Balaban J connectivity index is 1.82. The average molecular weight is 409 g/mol. The summed E-state index contributed by atoms with van der Waals surface area (Å²) in [5.74, 6) is -1.65. The molecule has 0 bridgehead atoms. The maximum Gasteiger partial charge on any atom is 0.256 e. The molecule has 4 rings (SSSR count). The molecule has 1 saturated carbocycles. The second-order valence-electron chi connectivity index (χ2n) is 8.75. The van der Waals surface area contributed by atoms with Crippen LogP contribution in [-0.4, -0.2) is 26.6 Å². The van der Waals surface area contributed by atoms with Gasteiger partial charge in [0.25, 0.3) is 11.8 Å². The number of nitrogens with zero attached hydrogens (tertiary/aromatic N) is 3. The first-order valence-corrected chi connectivity index (χ1v) is 9.87. The molecule has 2 aromatic heterocycles. The third kappa shape index (κ3) is 3.53. The highest BCUT2D eigenvalue weighted by molar-refractivity contribution is 6.13. The minimum absolute atomic E-state index is 0.275. The van der Waals surface area contributed by atoms with Gasteiger partial charge >= 0.3 is 0 Å². The quantitative estimate of drug-likeness (QED) is 0.683. The molecule has 30 heavy (non-hydrogen) atoms. The van der Waals surface area contributed by atoms with Gasteiger partial charge in [-0.25, -0.2) is 14.1 Å². The number of pyridine rings is 1. The van der Waals surface area contributed by atoms with Gasteiger partial charge < -0.3 is 11.1 Å². The predicted molar refractivity (Wildman–Crippen MR) is 112 cm³/mol. The summed E-state index contributed by atoms with van der Waals surface area (Å²) in [7, 11) is 0. The van der Waals surface area contributed by atoms with Gasteiger partial charge in [-0.05, 0) is 64.8 Å². The number of benzene rings is 1. The minimum atomic E-state index is -0.895.